The smallest absolute Gasteiger partial charge is 0.211 e. The standard InChI is InChI=1S/C16H28NO4PS2/c1-7-20-22(23,21-8-2)15(17-24(18)16(3,4)5)13-9-11-14(19-6)12-10-13/h9-12,15,17H,7-8H2,1-6H3/t15-,24?/m1/s1. The molecule has 0 bridgehead atoms. The van der Waals surface area contributed by atoms with Crippen molar-refractivity contribution in [1.82, 2.24) is 4.72 Å². The molecule has 0 aliphatic carbocycles. The lowest BCUT2D eigenvalue weighted by atomic mass is 10.2. The van der Waals surface area contributed by atoms with Gasteiger partial charge in [-0.1, -0.05) is 12.1 Å². The van der Waals surface area contributed by atoms with E-state index in [0.29, 0.717) is 13.2 Å². The quantitative estimate of drug-likeness (QED) is 0.640. The van der Waals surface area contributed by atoms with Crippen LogP contribution in [0, 0.1) is 0 Å². The molecule has 1 aromatic carbocycles. The predicted octanol–water partition coefficient (Wildman–Crippen LogP) is 4.13. The van der Waals surface area contributed by atoms with E-state index in [1.807, 2.05) is 58.9 Å². The molecule has 1 aromatic rings. The van der Waals surface area contributed by atoms with Crippen LogP contribution in [0.4, 0.5) is 0 Å². The molecule has 8 heteroatoms. The minimum Gasteiger partial charge on any atom is -0.497 e. The van der Waals surface area contributed by atoms with Gasteiger partial charge in [-0.05, 0) is 64.1 Å². The highest BCUT2D eigenvalue weighted by Crippen LogP contribution is 2.60. The Morgan fingerprint density at radius 1 is 1.17 bits per heavy atom. The van der Waals surface area contributed by atoms with Crippen molar-refractivity contribution in [2.45, 2.75) is 45.1 Å². The van der Waals surface area contributed by atoms with Crippen LogP contribution in [0.5, 0.6) is 5.75 Å². The Morgan fingerprint density at radius 3 is 2.04 bits per heavy atom. The maximum Gasteiger partial charge on any atom is 0.211 e. The third-order valence-corrected chi connectivity index (χ3v) is 8.44. The van der Waals surface area contributed by atoms with Crippen LogP contribution < -0.4 is 9.46 Å². The van der Waals surface area contributed by atoms with Crippen molar-refractivity contribution >= 4 is 29.3 Å². The lowest BCUT2D eigenvalue weighted by Gasteiger charge is -2.32. The molecular formula is C16H28NO4PS2. The fraction of sp³-hybridized carbons (Fsp3) is 0.625. The maximum atomic E-state index is 12.7. The van der Waals surface area contributed by atoms with E-state index in [4.69, 9.17) is 25.6 Å². The van der Waals surface area contributed by atoms with Crippen LogP contribution in [0.15, 0.2) is 24.3 Å². The fourth-order valence-corrected chi connectivity index (χ4v) is 6.44. The first kappa shape index (κ1) is 21.7. The Balaban J connectivity index is 3.27. The first-order valence-corrected chi connectivity index (χ1v) is 11.7. The molecule has 0 saturated heterocycles. The zero-order valence-corrected chi connectivity index (χ0v) is 17.7. The number of methoxy groups -OCH3 is 1. The van der Waals surface area contributed by atoms with Crippen molar-refractivity contribution in [3.8, 4) is 5.75 Å². The summed E-state index contributed by atoms with van der Waals surface area (Å²) in [6, 6.07) is 7.49. The third-order valence-electron chi connectivity index (χ3n) is 3.14. The molecule has 1 N–H and O–H groups in total. The predicted molar refractivity (Wildman–Crippen MR) is 104 cm³/mol. The van der Waals surface area contributed by atoms with Crippen LogP contribution in [-0.4, -0.2) is 29.3 Å². The topological polar surface area (TPSA) is 56.8 Å². The van der Waals surface area contributed by atoms with Gasteiger partial charge in [0.2, 0.25) is 6.49 Å². The van der Waals surface area contributed by atoms with Crippen LogP contribution in [-0.2, 0) is 31.8 Å². The Morgan fingerprint density at radius 2 is 1.67 bits per heavy atom. The molecule has 1 unspecified atom stereocenters. The van der Waals surface area contributed by atoms with Crippen LogP contribution in [0.25, 0.3) is 0 Å². The number of hydrogen-bond acceptors (Lipinski definition) is 5. The van der Waals surface area contributed by atoms with Gasteiger partial charge < -0.3 is 13.8 Å². The summed E-state index contributed by atoms with van der Waals surface area (Å²) in [4.78, 5) is 0. The molecule has 0 aromatic heterocycles. The third kappa shape index (κ3) is 5.90. The van der Waals surface area contributed by atoms with E-state index in [-0.39, 0.29) is 0 Å². The first-order chi connectivity index (χ1) is 11.2. The molecule has 0 aliphatic heterocycles. The average Bonchev–Trinajstić information content (AvgIpc) is 2.52. The summed E-state index contributed by atoms with van der Waals surface area (Å²) in [5, 5.41) is 0. The summed E-state index contributed by atoms with van der Waals surface area (Å²) in [5.74, 6) is 0.286. The van der Waals surface area contributed by atoms with Gasteiger partial charge in [-0.25, -0.2) is 8.93 Å². The van der Waals surface area contributed by atoms with Gasteiger partial charge in [-0.3, -0.25) is 0 Å². The molecule has 0 heterocycles. The molecule has 0 aliphatic rings. The van der Waals surface area contributed by atoms with Gasteiger partial charge in [-0.15, -0.1) is 0 Å². The highest BCUT2D eigenvalue weighted by atomic mass is 32.5. The number of ether oxygens (including phenoxy) is 1. The van der Waals surface area contributed by atoms with Crippen molar-refractivity contribution in [2.24, 2.45) is 0 Å². The first-order valence-electron chi connectivity index (χ1n) is 7.88. The largest absolute Gasteiger partial charge is 0.497 e. The molecule has 5 nitrogen and oxygen atoms in total. The fourth-order valence-electron chi connectivity index (χ4n) is 1.93. The Kier molecular flexibility index (Phi) is 8.53. The molecule has 0 radical (unpaired) electrons. The highest BCUT2D eigenvalue weighted by Gasteiger charge is 2.35. The second-order valence-corrected chi connectivity index (χ2v) is 11.7. The molecule has 24 heavy (non-hydrogen) atoms. The second kappa shape index (κ2) is 9.41. The summed E-state index contributed by atoms with van der Waals surface area (Å²) in [7, 11) is 0.306. The Bertz CT molecular complexity index is 577. The van der Waals surface area contributed by atoms with Crippen LogP contribution in [0.3, 0.4) is 0 Å². The van der Waals surface area contributed by atoms with E-state index in [0.717, 1.165) is 11.3 Å². The van der Waals surface area contributed by atoms with Gasteiger partial charge in [0, 0.05) is 0 Å². The molecule has 138 valence electrons. The number of benzene rings is 1. The van der Waals surface area contributed by atoms with Crippen molar-refractivity contribution in [3.63, 3.8) is 0 Å². The van der Waals surface area contributed by atoms with E-state index in [1.54, 1.807) is 7.11 Å². The maximum absolute atomic E-state index is 12.7. The van der Waals surface area contributed by atoms with Crippen LogP contribution in [0.2, 0.25) is 0 Å². The molecular weight excluding hydrogens is 365 g/mol. The molecule has 0 saturated carbocycles. The minimum atomic E-state index is -2.71. The number of rotatable bonds is 9. The van der Waals surface area contributed by atoms with Gasteiger partial charge >= 0.3 is 0 Å². The van der Waals surface area contributed by atoms with Crippen molar-refractivity contribution in [2.75, 3.05) is 20.3 Å². The average molecular weight is 394 g/mol. The molecule has 0 fully saturated rings. The van der Waals surface area contributed by atoms with E-state index >= 15 is 0 Å². The molecule has 1 rings (SSSR count). The van der Waals surface area contributed by atoms with Gasteiger partial charge in [0.15, 0.2) is 0 Å². The Hall–Kier alpha value is -0.300. The highest BCUT2D eigenvalue weighted by molar-refractivity contribution is 8.10. The lowest BCUT2D eigenvalue weighted by molar-refractivity contribution is 0.258. The Labute approximate surface area is 153 Å². The number of hydrogen-bond donors (Lipinski definition) is 1. The normalized spacial score (nSPS) is 15.1. The molecule has 0 spiro atoms. The van der Waals surface area contributed by atoms with Crippen molar-refractivity contribution in [1.29, 1.82) is 0 Å². The molecule has 2 atom stereocenters. The minimum absolute atomic E-state index is 0.427. The summed E-state index contributed by atoms with van der Waals surface area (Å²) < 4.78 is 32.3. The second-order valence-electron chi connectivity index (χ2n) is 6.05. The monoisotopic (exact) mass is 393 g/mol. The molecule has 0 amide bonds. The summed E-state index contributed by atoms with van der Waals surface area (Å²) in [5.41, 5.74) is 0.874. The zero-order valence-electron chi connectivity index (χ0n) is 15.2. The van der Waals surface area contributed by atoms with Crippen LogP contribution >= 0.6 is 6.49 Å². The van der Waals surface area contributed by atoms with Gasteiger partial charge in [0.25, 0.3) is 0 Å². The van der Waals surface area contributed by atoms with Gasteiger partial charge in [0.05, 0.1) is 36.1 Å². The van der Waals surface area contributed by atoms with Crippen LogP contribution in [0.1, 0.15) is 46.0 Å². The van der Waals surface area contributed by atoms with Crippen molar-refractivity contribution < 1.29 is 18.0 Å². The van der Waals surface area contributed by atoms with Crippen molar-refractivity contribution in [3.05, 3.63) is 29.8 Å². The SMILES string of the molecule is CCOP(=S)(OCC)[C@@H](NS(=O)C(C)(C)C)c1ccc(OC)cc1. The number of nitrogens with one attached hydrogen (secondary N) is 1. The summed E-state index contributed by atoms with van der Waals surface area (Å²) >= 11 is 5.74. The van der Waals surface area contributed by atoms with E-state index in [2.05, 4.69) is 4.72 Å². The van der Waals surface area contributed by atoms with E-state index < -0.39 is 28.0 Å². The van der Waals surface area contributed by atoms with Gasteiger partial charge in [-0.2, -0.15) is 0 Å². The zero-order chi connectivity index (χ0) is 18.4. The van der Waals surface area contributed by atoms with Gasteiger partial charge in [0.1, 0.15) is 11.5 Å². The lowest BCUT2D eigenvalue weighted by Crippen LogP contribution is -2.36. The van der Waals surface area contributed by atoms with E-state index in [1.165, 1.54) is 0 Å². The van der Waals surface area contributed by atoms with E-state index in [9.17, 15) is 4.21 Å². The summed E-state index contributed by atoms with van der Waals surface area (Å²) in [6.07, 6.45) is 0. The summed E-state index contributed by atoms with van der Waals surface area (Å²) in [6.45, 7) is 7.65.